The van der Waals surface area contributed by atoms with E-state index in [1.165, 1.54) is 23.7 Å². The monoisotopic (exact) mass is 308 g/mol. The maximum Gasteiger partial charge on any atom is 0.261 e. The van der Waals surface area contributed by atoms with Crippen LogP contribution in [0.2, 0.25) is 0 Å². The lowest BCUT2D eigenvalue weighted by Gasteiger charge is -2.08. The lowest BCUT2D eigenvalue weighted by Crippen LogP contribution is -2.12. The Morgan fingerprint density at radius 3 is 2.60 bits per heavy atom. The minimum absolute atomic E-state index is 0.0161. The van der Waals surface area contributed by atoms with Crippen LogP contribution in [0.15, 0.2) is 53.6 Å². The summed E-state index contributed by atoms with van der Waals surface area (Å²) in [6.45, 7) is 0. The molecule has 1 heterocycles. The summed E-state index contributed by atoms with van der Waals surface area (Å²) in [7, 11) is -3.72. The second kappa shape index (κ2) is 4.84. The maximum atomic E-state index is 12.8. The van der Waals surface area contributed by atoms with Gasteiger partial charge in [0.25, 0.3) is 10.0 Å². The molecule has 0 bridgehead atoms. The van der Waals surface area contributed by atoms with Crippen molar-refractivity contribution in [1.29, 1.82) is 0 Å². The van der Waals surface area contributed by atoms with Crippen molar-refractivity contribution in [1.82, 2.24) is 4.37 Å². The van der Waals surface area contributed by atoms with E-state index in [0.29, 0.717) is 5.69 Å². The number of rotatable bonds is 3. The summed E-state index contributed by atoms with van der Waals surface area (Å²) >= 11 is 1.34. The topological polar surface area (TPSA) is 59.1 Å². The molecule has 0 fully saturated rings. The Morgan fingerprint density at radius 2 is 1.85 bits per heavy atom. The summed E-state index contributed by atoms with van der Waals surface area (Å²) in [5, 5.41) is 0.870. The molecule has 0 saturated heterocycles. The summed E-state index contributed by atoms with van der Waals surface area (Å²) in [5.41, 5.74) is 0.446. The van der Waals surface area contributed by atoms with E-state index >= 15 is 0 Å². The number of anilines is 1. The summed E-state index contributed by atoms with van der Waals surface area (Å²) in [4.78, 5) is 0.0161. The Kier molecular flexibility index (Phi) is 3.15. The van der Waals surface area contributed by atoms with Crippen LogP contribution >= 0.6 is 11.5 Å². The van der Waals surface area contributed by atoms with E-state index < -0.39 is 15.8 Å². The SMILES string of the molecule is O=S(=O)(Nc1ccc2sncc2c1)c1ccc(F)cc1. The first kappa shape index (κ1) is 13.0. The van der Waals surface area contributed by atoms with Crippen LogP contribution in [-0.2, 0) is 10.0 Å². The molecule has 0 spiro atoms. The number of aromatic nitrogens is 1. The van der Waals surface area contributed by atoms with E-state index in [9.17, 15) is 12.8 Å². The molecule has 20 heavy (non-hydrogen) atoms. The van der Waals surface area contributed by atoms with Crippen molar-refractivity contribution in [3.63, 3.8) is 0 Å². The molecule has 0 aliphatic heterocycles. The van der Waals surface area contributed by atoms with Gasteiger partial charge in [-0.1, -0.05) is 0 Å². The predicted molar refractivity (Wildman–Crippen MR) is 76.8 cm³/mol. The molecule has 0 atom stereocenters. The largest absolute Gasteiger partial charge is 0.280 e. The van der Waals surface area contributed by atoms with Gasteiger partial charge in [0.05, 0.1) is 9.60 Å². The number of nitrogens with zero attached hydrogens (tertiary/aromatic N) is 1. The Labute approximate surface area is 119 Å². The number of halogens is 1. The molecule has 0 aliphatic rings. The van der Waals surface area contributed by atoms with Crippen molar-refractivity contribution in [3.8, 4) is 0 Å². The van der Waals surface area contributed by atoms with Gasteiger partial charge in [-0.2, -0.15) is 4.37 Å². The van der Waals surface area contributed by atoms with Gasteiger partial charge in [0.1, 0.15) is 5.82 Å². The van der Waals surface area contributed by atoms with Gasteiger partial charge in [-0.3, -0.25) is 4.72 Å². The van der Waals surface area contributed by atoms with Gasteiger partial charge in [-0.25, -0.2) is 12.8 Å². The highest BCUT2D eigenvalue weighted by molar-refractivity contribution is 7.92. The van der Waals surface area contributed by atoms with Gasteiger partial charge < -0.3 is 0 Å². The second-order valence-electron chi connectivity index (χ2n) is 4.14. The first-order valence-electron chi connectivity index (χ1n) is 5.67. The summed E-state index contributed by atoms with van der Waals surface area (Å²) in [5.74, 6) is -0.477. The maximum absolute atomic E-state index is 12.8. The van der Waals surface area contributed by atoms with E-state index in [1.54, 1.807) is 24.4 Å². The lowest BCUT2D eigenvalue weighted by molar-refractivity contribution is 0.599. The molecular formula is C13H9FN2O2S2. The molecule has 2 aromatic carbocycles. The zero-order valence-corrected chi connectivity index (χ0v) is 11.7. The van der Waals surface area contributed by atoms with Crippen LogP contribution in [0.5, 0.6) is 0 Å². The predicted octanol–water partition coefficient (Wildman–Crippen LogP) is 3.24. The molecule has 0 saturated carbocycles. The Morgan fingerprint density at radius 1 is 1.10 bits per heavy atom. The van der Waals surface area contributed by atoms with Crippen molar-refractivity contribution in [2.45, 2.75) is 4.90 Å². The average molecular weight is 308 g/mol. The molecule has 0 aliphatic carbocycles. The third kappa shape index (κ3) is 2.50. The van der Waals surface area contributed by atoms with E-state index in [-0.39, 0.29) is 4.90 Å². The highest BCUT2D eigenvalue weighted by atomic mass is 32.2. The highest BCUT2D eigenvalue weighted by Crippen LogP contribution is 2.23. The Bertz CT molecular complexity index is 857. The quantitative estimate of drug-likeness (QED) is 0.808. The van der Waals surface area contributed by atoms with Crippen LogP contribution in [0, 0.1) is 5.82 Å². The molecule has 3 rings (SSSR count). The number of benzene rings is 2. The molecule has 0 unspecified atom stereocenters. The fourth-order valence-electron chi connectivity index (χ4n) is 1.76. The Balaban J connectivity index is 1.94. The summed E-state index contributed by atoms with van der Waals surface area (Å²) in [6, 6.07) is 9.85. The zero-order valence-electron chi connectivity index (χ0n) is 10.1. The summed E-state index contributed by atoms with van der Waals surface area (Å²) < 4.78 is 44.6. The van der Waals surface area contributed by atoms with E-state index in [4.69, 9.17) is 0 Å². The molecule has 7 heteroatoms. The number of sulfonamides is 1. The van der Waals surface area contributed by atoms with Crippen molar-refractivity contribution in [3.05, 3.63) is 54.5 Å². The molecule has 1 aromatic heterocycles. The molecule has 0 amide bonds. The first-order chi connectivity index (χ1) is 9.54. The molecule has 4 nitrogen and oxygen atoms in total. The number of hydrogen-bond donors (Lipinski definition) is 1. The zero-order chi connectivity index (χ0) is 14.2. The van der Waals surface area contributed by atoms with Crippen LogP contribution in [0.3, 0.4) is 0 Å². The van der Waals surface area contributed by atoms with Gasteiger partial charge in [0.2, 0.25) is 0 Å². The van der Waals surface area contributed by atoms with Crippen molar-refractivity contribution >= 4 is 37.3 Å². The van der Waals surface area contributed by atoms with E-state index in [1.807, 2.05) is 0 Å². The van der Waals surface area contributed by atoms with Gasteiger partial charge in [0, 0.05) is 17.3 Å². The first-order valence-corrected chi connectivity index (χ1v) is 7.93. The van der Waals surface area contributed by atoms with Crippen molar-refractivity contribution in [2.24, 2.45) is 0 Å². The van der Waals surface area contributed by atoms with Crippen LogP contribution in [0.4, 0.5) is 10.1 Å². The van der Waals surface area contributed by atoms with Crippen LogP contribution < -0.4 is 4.72 Å². The van der Waals surface area contributed by atoms with Gasteiger partial charge in [-0.05, 0) is 54.0 Å². The van der Waals surface area contributed by atoms with Crippen LogP contribution in [0.25, 0.3) is 10.1 Å². The number of hydrogen-bond acceptors (Lipinski definition) is 4. The average Bonchev–Trinajstić information content (AvgIpc) is 2.86. The lowest BCUT2D eigenvalue weighted by atomic mass is 10.2. The standard InChI is InChI=1S/C13H9FN2O2S2/c14-10-1-4-12(5-2-10)20(17,18)16-11-3-6-13-9(7-11)8-15-19-13/h1-8,16H. The molecule has 1 N–H and O–H groups in total. The van der Waals surface area contributed by atoms with Gasteiger partial charge in [0.15, 0.2) is 0 Å². The fraction of sp³-hybridized carbons (Fsp3) is 0. The smallest absolute Gasteiger partial charge is 0.261 e. The number of nitrogens with one attached hydrogen (secondary N) is 1. The van der Waals surface area contributed by atoms with E-state index in [0.717, 1.165) is 22.2 Å². The van der Waals surface area contributed by atoms with Gasteiger partial charge in [-0.15, -0.1) is 0 Å². The highest BCUT2D eigenvalue weighted by Gasteiger charge is 2.14. The third-order valence-electron chi connectivity index (χ3n) is 2.73. The minimum atomic E-state index is -3.72. The van der Waals surface area contributed by atoms with Crippen molar-refractivity contribution < 1.29 is 12.8 Å². The summed E-state index contributed by atoms with van der Waals surface area (Å²) in [6.07, 6.45) is 1.68. The van der Waals surface area contributed by atoms with Crippen LogP contribution in [-0.4, -0.2) is 12.8 Å². The molecular weight excluding hydrogens is 299 g/mol. The number of fused-ring (bicyclic) bond motifs is 1. The van der Waals surface area contributed by atoms with Crippen LogP contribution in [0.1, 0.15) is 0 Å². The van der Waals surface area contributed by atoms with Crippen molar-refractivity contribution in [2.75, 3.05) is 4.72 Å². The Hall–Kier alpha value is -1.99. The normalized spacial score (nSPS) is 11.7. The van der Waals surface area contributed by atoms with Gasteiger partial charge >= 0.3 is 0 Å². The fourth-order valence-corrected chi connectivity index (χ4v) is 3.44. The van der Waals surface area contributed by atoms with E-state index in [2.05, 4.69) is 9.10 Å². The molecule has 0 radical (unpaired) electrons. The molecule has 102 valence electrons. The third-order valence-corrected chi connectivity index (χ3v) is 4.91. The minimum Gasteiger partial charge on any atom is -0.280 e. The second-order valence-corrected chi connectivity index (χ2v) is 6.65. The molecule has 3 aromatic rings.